The van der Waals surface area contributed by atoms with Crippen molar-refractivity contribution in [3.05, 3.63) is 65.4 Å². The van der Waals surface area contributed by atoms with Crippen molar-refractivity contribution in [2.45, 2.75) is 43.2 Å². The fourth-order valence-electron chi connectivity index (χ4n) is 4.13. The molecule has 4 rings (SSSR count). The predicted octanol–water partition coefficient (Wildman–Crippen LogP) is 2.23. The summed E-state index contributed by atoms with van der Waals surface area (Å²) in [6.07, 6.45) is -10.0. The highest BCUT2D eigenvalue weighted by atomic mass is 19.4. The quantitative estimate of drug-likeness (QED) is 0.459. The SMILES string of the molecule is COc1ccc(Cc2cn([C@@H]3O[C@H](CO)[C@@H](O)[C@H](O)[C@H]3O)c3cc(C(F)(F)F)ccc23)cc1. The van der Waals surface area contributed by atoms with E-state index in [-0.39, 0.29) is 5.52 Å². The molecule has 178 valence electrons. The van der Waals surface area contributed by atoms with Crippen molar-refractivity contribution in [3.8, 4) is 5.75 Å². The molecule has 7 nitrogen and oxygen atoms in total. The van der Waals surface area contributed by atoms with Gasteiger partial charge in [0, 0.05) is 11.6 Å². The van der Waals surface area contributed by atoms with Gasteiger partial charge in [-0.05, 0) is 41.8 Å². The number of halogens is 3. The standard InChI is InChI=1S/C23H24F3NO6/c1-32-15-5-2-12(3-6-15)8-13-10-27(17-9-14(23(24,25)26)4-7-16(13)17)22-21(31)20(30)19(29)18(11-28)33-22/h2-7,9-10,18-22,28-31H,8,11H2,1H3/t18-,19-,20+,21-,22-/m1/s1. The van der Waals surface area contributed by atoms with E-state index in [4.69, 9.17) is 9.47 Å². The average molecular weight is 467 g/mol. The van der Waals surface area contributed by atoms with Crippen LogP contribution in [0, 0.1) is 0 Å². The van der Waals surface area contributed by atoms with Crippen LogP contribution >= 0.6 is 0 Å². The van der Waals surface area contributed by atoms with Gasteiger partial charge in [-0.3, -0.25) is 0 Å². The van der Waals surface area contributed by atoms with Crippen LogP contribution in [-0.2, 0) is 17.3 Å². The zero-order chi connectivity index (χ0) is 23.9. The Morgan fingerprint density at radius 2 is 1.70 bits per heavy atom. The van der Waals surface area contributed by atoms with Crippen LogP contribution in [0.4, 0.5) is 13.2 Å². The number of hydrogen-bond acceptors (Lipinski definition) is 6. The number of aliphatic hydroxyl groups is 4. The van der Waals surface area contributed by atoms with E-state index in [1.54, 1.807) is 25.4 Å². The molecule has 0 saturated carbocycles. The lowest BCUT2D eigenvalue weighted by atomic mass is 9.98. The summed E-state index contributed by atoms with van der Waals surface area (Å²) in [6, 6.07) is 10.5. The summed E-state index contributed by atoms with van der Waals surface area (Å²) in [5.74, 6) is 0.664. The van der Waals surface area contributed by atoms with E-state index in [0.29, 0.717) is 23.1 Å². The summed E-state index contributed by atoms with van der Waals surface area (Å²) < 4.78 is 52.3. The maximum absolute atomic E-state index is 13.4. The molecule has 1 fully saturated rings. The van der Waals surface area contributed by atoms with Crippen LogP contribution in [-0.4, -0.2) is 63.1 Å². The van der Waals surface area contributed by atoms with E-state index in [9.17, 15) is 33.6 Å². The van der Waals surface area contributed by atoms with Gasteiger partial charge in [0.2, 0.25) is 0 Å². The number of fused-ring (bicyclic) bond motifs is 1. The molecule has 0 bridgehead atoms. The second-order valence-corrected chi connectivity index (χ2v) is 8.04. The first-order valence-electron chi connectivity index (χ1n) is 10.3. The van der Waals surface area contributed by atoms with Crippen molar-refractivity contribution in [2.24, 2.45) is 0 Å². The largest absolute Gasteiger partial charge is 0.497 e. The van der Waals surface area contributed by atoms with Gasteiger partial charge in [0.15, 0.2) is 6.23 Å². The lowest BCUT2D eigenvalue weighted by Crippen LogP contribution is -2.56. The number of aliphatic hydroxyl groups excluding tert-OH is 4. The molecule has 5 atom stereocenters. The Kier molecular flexibility index (Phi) is 6.39. The van der Waals surface area contributed by atoms with Crippen molar-refractivity contribution in [1.82, 2.24) is 4.57 Å². The fourth-order valence-corrected chi connectivity index (χ4v) is 4.13. The summed E-state index contributed by atoms with van der Waals surface area (Å²) in [7, 11) is 1.54. The fraction of sp³-hybridized carbons (Fsp3) is 0.391. The van der Waals surface area contributed by atoms with Crippen molar-refractivity contribution < 1.29 is 43.1 Å². The van der Waals surface area contributed by atoms with E-state index >= 15 is 0 Å². The monoisotopic (exact) mass is 467 g/mol. The topological polar surface area (TPSA) is 104 Å². The van der Waals surface area contributed by atoms with Gasteiger partial charge in [-0.2, -0.15) is 13.2 Å². The normalized spacial score (nSPS) is 26.0. The smallest absolute Gasteiger partial charge is 0.416 e. The van der Waals surface area contributed by atoms with Gasteiger partial charge in [0.1, 0.15) is 30.2 Å². The summed E-state index contributed by atoms with van der Waals surface area (Å²) >= 11 is 0. The Balaban J connectivity index is 1.81. The highest BCUT2D eigenvalue weighted by Gasteiger charge is 2.44. The minimum absolute atomic E-state index is 0.137. The average Bonchev–Trinajstić information content (AvgIpc) is 3.15. The first-order valence-corrected chi connectivity index (χ1v) is 10.3. The maximum atomic E-state index is 13.4. The van der Waals surface area contributed by atoms with Gasteiger partial charge in [-0.15, -0.1) is 0 Å². The molecule has 33 heavy (non-hydrogen) atoms. The van der Waals surface area contributed by atoms with Crippen LogP contribution in [0.15, 0.2) is 48.7 Å². The van der Waals surface area contributed by atoms with Gasteiger partial charge in [-0.1, -0.05) is 18.2 Å². The highest BCUT2D eigenvalue weighted by Crippen LogP contribution is 2.37. The van der Waals surface area contributed by atoms with E-state index in [0.717, 1.165) is 17.7 Å². The van der Waals surface area contributed by atoms with E-state index < -0.39 is 49.0 Å². The molecule has 0 radical (unpaired) electrons. The molecule has 1 aromatic heterocycles. The number of hydrogen-bond donors (Lipinski definition) is 4. The molecule has 0 amide bonds. The van der Waals surface area contributed by atoms with Crippen LogP contribution < -0.4 is 4.74 Å². The number of aromatic nitrogens is 1. The van der Waals surface area contributed by atoms with Gasteiger partial charge in [0.05, 0.1) is 24.8 Å². The minimum atomic E-state index is -4.59. The maximum Gasteiger partial charge on any atom is 0.416 e. The Morgan fingerprint density at radius 1 is 1.00 bits per heavy atom. The van der Waals surface area contributed by atoms with Crippen LogP contribution in [0.25, 0.3) is 10.9 Å². The van der Waals surface area contributed by atoms with Gasteiger partial charge in [0.25, 0.3) is 0 Å². The summed E-state index contributed by atoms with van der Waals surface area (Å²) in [4.78, 5) is 0. The van der Waals surface area contributed by atoms with Crippen LogP contribution in [0.5, 0.6) is 5.75 Å². The number of rotatable bonds is 5. The third-order valence-corrected chi connectivity index (χ3v) is 5.94. The molecule has 2 aromatic carbocycles. The number of nitrogens with zero attached hydrogens (tertiary/aromatic N) is 1. The molecular formula is C23H24F3NO6. The van der Waals surface area contributed by atoms with Crippen molar-refractivity contribution in [2.75, 3.05) is 13.7 Å². The molecule has 4 N–H and O–H groups in total. The molecule has 0 spiro atoms. The van der Waals surface area contributed by atoms with Crippen LogP contribution in [0.2, 0.25) is 0 Å². The molecule has 10 heteroatoms. The summed E-state index contributed by atoms with van der Waals surface area (Å²) in [5.41, 5.74) is 0.803. The third kappa shape index (κ3) is 4.44. The number of alkyl halides is 3. The molecule has 2 heterocycles. The number of methoxy groups -OCH3 is 1. The van der Waals surface area contributed by atoms with E-state index in [1.807, 2.05) is 12.1 Å². The minimum Gasteiger partial charge on any atom is -0.497 e. The second kappa shape index (κ2) is 8.96. The molecule has 1 aliphatic rings. The zero-order valence-corrected chi connectivity index (χ0v) is 17.6. The van der Waals surface area contributed by atoms with E-state index in [1.165, 1.54) is 10.6 Å². The first kappa shape index (κ1) is 23.5. The van der Waals surface area contributed by atoms with Crippen LogP contribution in [0.3, 0.4) is 0 Å². The second-order valence-electron chi connectivity index (χ2n) is 8.04. The Labute approximate surface area is 187 Å². The number of ether oxygens (including phenoxy) is 2. The first-order chi connectivity index (χ1) is 15.6. The molecular weight excluding hydrogens is 443 g/mol. The Hall–Kier alpha value is -2.63. The Morgan fingerprint density at radius 3 is 2.30 bits per heavy atom. The van der Waals surface area contributed by atoms with Crippen molar-refractivity contribution >= 4 is 10.9 Å². The van der Waals surface area contributed by atoms with Crippen molar-refractivity contribution in [3.63, 3.8) is 0 Å². The summed E-state index contributed by atoms with van der Waals surface area (Å²) in [5, 5.41) is 40.8. The van der Waals surface area contributed by atoms with Crippen molar-refractivity contribution in [1.29, 1.82) is 0 Å². The van der Waals surface area contributed by atoms with Gasteiger partial charge < -0.3 is 34.5 Å². The summed E-state index contributed by atoms with van der Waals surface area (Å²) in [6.45, 7) is -0.646. The van der Waals surface area contributed by atoms with E-state index in [2.05, 4.69) is 0 Å². The molecule has 0 aliphatic carbocycles. The zero-order valence-electron chi connectivity index (χ0n) is 17.6. The van der Waals surface area contributed by atoms with Gasteiger partial charge in [-0.25, -0.2) is 0 Å². The van der Waals surface area contributed by atoms with Crippen LogP contribution in [0.1, 0.15) is 22.9 Å². The lowest BCUT2D eigenvalue weighted by Gasteiger charge is -2.40. The molecule has 1 aliphatic heterocycles. The Bertz CT molecular complexity index is 1110. The third-order valence-electron chi connectivity index (χ3n) is 5.94. The predicted molar refractivity (Wildman–Crippen MR) is 112 cm³/mol. The van der Waals surface area contributed by atoms with Gasteiger partial charge >= 0.3 is 6.18 Å². The highest BCUT2D eigenvalue weighted by molar-refractivity contribution is 5.85. The number of benzene rings is 2. The molecule has 1 saturated heterocycles. The molecule has 0 unspecified atom stereocenters. The molecule has 3 aromatic rings. The lowest BCUT2D eigenvalue weighted by molar-refractivity contribution is -0.250.